The Kier molecular flexibility index (Phi) is 3.74. The second-order valence-corrected chi connectivity index (χ2v) is 5.47. The number of hydrogen-bond acceptors (Lipinski definition) is 2. The van der Waals surface area contributed by atoms with E-state index in [1.54, 1.807) is 0 Å². The Balaban J connectivity index is 2.10. The van der Waals surface area contributed by atoms with Gasteiger partial charge >= 0.3 is 0 Å². The minimum atomic E-state index is -0.212. The highest BCUT2D eigenvalue weighted by Crippen LogP contribution is 2.27. The molecule has 0 spiro atoms. The molecule has 0 bridgehead atoms. The largest absolute Gasteiger partial charge is 0.391 e. The molecule has 0 radical (unpaired) electrons. The predicted octanol–water partition coefficient (Wildman–Crippen LogP) is 3.27. The van der Waals surface area contributed by atoms with Crippen LogP contribution in [-0.4, -0.2) is 17.3 Å². The van der Waals surface area contributed by atoms with E-state index >= 15 is 0 Å². The lowest BCUT2D eigenvalue weighted by atomic mass is 10.2. The molecule has 0 aliphatic heterocycles. The topological polar surface area (TPSA) is 32.3 Å². The molecule has 1 fully saturated rings. The lowest BCUT2D eigenvalue weighted by Crippen LogP contribution is -2.28. The van der Waals surface area contributed by atoms with Crippen LogP contribution in [0.15, 0.2) is 18.2 Å². The molecule has 2 atom stereocenters. The van der Waals surface area contributed by atoms with Crippen molar-refractivity contribution in [3.63, 3.8) is 0 Å². The Morgan fingerprint density at radius 2 is 2.20 bits per heavy atom. The van der Waals surface area contributed by atoms with Crippen LogP contribution in [0.5, 0.6) is 0 Å². The number of hydrogen-bond donors (Lipinski definition) is 2. The molecule has 1 aliphatic carbocycles. The van der Waals surface area contributed by atoms with E-state index < -0.39 is 0 Å². The van der Waals surface area contributed by atoms with Gasteiger partial charge in [-0.05, 0) is 60.1 Å². The van der Waals surface area contributed by atoms with Crippen LogP contribution in [0.25, 0.3) is 0 Å². The monoisotopic (exact) mass is 337 g/mol. The van der Waals surface area contributed by atoms with Crippen LogP contribution in [0, 0.1) is 3.57 Å². The minimum absolute atomic E-state index is 0.194. The molecule has 1 aromatic rings. The van der Waals surface area contributed by atoms with Gasteiger partial charge in [0, 0.05) is 14.3 Å². The van der Waals surface area contributed by atoms with E-state index in [9.17, 15) is 5.11 Å². The summed E-state index contributed by atoms with van der Waals surface area (Å²) in [7, 11) is 0. The first kappa shape index (κ1) is 11.5. The number of anilines is 1. The van der Waals surface area contributed by atoms with Gasteiger partial charge in [-0.2, -0.15) is 0 Å². The Bertz CT molecular complexity index is 358. The summed E-state index contributed by atoms with van der Waals surface area (Å²) in [5, 5.41) is 13.8. The molecule has 15 heavy (non-hydrogen) atoms. The van der Waals surface area contributed by atoms with Gasteiger partial charge in [0.05, 0.1) is 12.1 Å². The molecule has 1 aliphatic rings. The van der Waals surface area contributed by atoms with Crippen molar-refractivity contribution in [3.8, 4) is 0 Å². The van der Waals surface area contributed by atoms with Crippen molar-refractivity contribution in [3.05, 3.63) is 26.8 Å². The van der Waals surface area contributed by atoms with Crippen molar-refractivity contribution < 1.29 is 5.11 Å². The van der Waals surface area contributed by atoms with Crippen molar-refractivity contribution >= 4 is 39.9 Å². The van der Waals surface area contributed by atoms with E-state index in [4.69, 9.17) is 11.6 Å². The Morgan fingerprint density at radius 3 is 2.80 bits per heavy atom. The molecule has 1 saturated carbocycles. The Labute approximate surface area is 108 Å². The van der Waals surface area contributed by atoms with E-state index in [0.717, 1.165) is 33.5 Å². The number of rotatable bonds is 2. The SMILES string of the molecule is OC1CCCC1Nc1ccc(Cl)cc1I. The van der Waals surface area contributed by atoms with E-state index in [0.29, 0.717) is 0 Å². The highest BCUT2D eigenvalue weighted by molar-refractivity contribution is 14.1. The summed E-state index contributed by atoms with van der Waals surface area (Å²) in [6.45, 7) is 0. The van der Waals surface area contributed by atoms with Crippen LogP contribution >= 0.6 is 34.2 Å². The van der Waals surface area contributed by atoms with E-state index in [1.807, 2.05) is 18.2 Å². The van der Waals surface area contributed by atoms with Crippen LogP contribution in [0.2, 0.25) is 5.02 Å². The Hall–Kier alpha value is -0.000000000000000111. The first-order chi connectivity index (χ1) is 7.16. The summed E-state index contributed by atoms with van der Waals surface area (Å²) in [4.78, 5) is 0. The van der Waals surface area contributed by atoms with Crippen LogP contribution < -0.4 is 5.32 Å². The molecule has 2 rings (SSSR count). The fourth-order valence-electron chi connectivity index (χ4n) is 1.92. The molecule has 2 unspecified atom stereocenters. The predicted molar refractivity (Wildman–Crippen MR) is 71.4 cm³/mol. The van der Waals surface area contributed by atoms with Gasteiger partial charge in [0.1, 0.15) is 0 Å². The first-order valence-corrected chi connectivity index (χ1v) is 6.52. The summed E-state index contributed by atoms with van der Waals surface area (Å²) >= 11 is 8.13. The summed E-state index contributed by atoms with van der Waals surface area (Å²) in [5.41, 5.74) is 1.06. The van der Waals surface area contributed by atoms with Gasteiger partial charge in [0.2, 0.25) is 0 Å². The van der Waals surface area contributed by atoms with Crippen molar-refractivity contribution in [1.82, 2.24) is 0 Å². The first-order valence-electron chi connectivity index (χ1n) is 5.06. The third-order valence-electron chi connectivity index (χ3n) is 2.75. The van der Waals surface area contributed by atoms with Crippen LogP contribution in [0.3, 0.4) is 0 Å². The lowest BCUT2D eigenvalue weighted by Gasteiger charge is -2.18. The van der Waals surface area contributed by atoms with Crippen LogP contribution in [0.4, 0.5) is 5.69 Å². The van der Waals surface area contributed by atoms with Gasteiger partial charge in [0.15, 0.2) is 0 Å². The fraction of sp³-hybridized carbons (Fsp3) is 0.455. The quantitative estimate of drug-likeness (QED) is 0.812. The maximum absolute atomic E-state index is 9.70. The van der Waals surface area contributed by atoms with E-state index in [2.05, 4.69) is 27.9 Å². The summed E-state index contributed by atoms with van der Waals surface area (Å²) in [5.74, 6) is 0. The average molecular weight is 338 g/mol. The molecular weight excluding hydrogens is 324 g/mol. The smallest absolute Gasteiger partial charge is 0.0741 e. The van der Waals surface area contributed by atoms with Crippen molar-refractivity contribution in [2.75, 3.05) is 5.32 Å². The normalized spacial score (nSPS) is 25.5. The Morgan fingerprint density at radius 1 is 1.40 bits per heavy atom. The second-order valence-electron chi connectivity index (χ2n) is 3.87. The van der Waals surface area contributed by atoms with Gasteiger partial charge < -0.3 is 10.4 Å². The van der Waals surface area contributed by atoms with Gasteiger partial charge in [0.25, 0.3) is 0 Å². The highest BCUT2D eigenvalue weighted by atomic mass is 127. The van der Waals surface area contributed by atoms with Crippen LogP contribution in [-0.2, 0) is 0 Å². The molecule has 2 nitrogen and oxygen atoms in total. The standard InChI is InChI=1S/C11H13ClINO/c12-7-4-5-9(8(13)6-7)14-10-2-1-3-11(10)15/h4-6,10-11,14-15H,1-3H2. The van der Waals surface area contributed by atoms with Crippen molar-refractivity contribution in [2.24, 2.45) is 0 Å². The number of aliphatic hydroxyl groups excluding tert-OH is 1. The molecule has 4 heteroatoms. The molecule has 2 N–H and O–H groups in total. The van der Waals surface area contributed by atoms with E-state index in [1.165, 1.54) is 0 Å². The molecular formula is C11H13ClINO. The summed E-state index contributed by atoms with van der Waals surface area (Å²) in [6.07, 6.45) is 2.83. The number of benzene rings is 1. The molecule has 0 saturated heterocycles. The molecule has 1 aromatic carbocycles. The van der Waals surface area contributed by atoms with Crippen LogP contribution in [0.1, 0.15) is 19.3 Å². The number of halogens is 2. The summed E-state index contributed by atoms with van der Waals surface area (Å²) in [6, 6.07) is 5.95. The third-order valence-corrected chi connectivity index (χ3v) is 3.88. The average Bonchev–Trinajstić information content (AvgIpc) is 2.57. The van der Waals surface area contributed by atoms with Gasteiger partial charge in [-0.25, -0.2) is 0 Å². The number of nitrogens with one attached hydrogen (secondary N) is 1. The third kappa shape index (κ3) is 2.77. The minimum Gasteiger partial charge on any atom is -0.391 e. The highest BCUT2D eigenvalue weighted by Gasteiger charge is 2.25. The molecule has 0 heterocycles. The molecule has 0 aromatic heterocycles. The zero-order chi connectivity index (χ0) is 10.8. The summed E-state index contributed by atoms with van der Waals surface area (Å²) < 4.78 is 1.10. The van der Waals surface area contributed by atoms with Crippen molar-refractivity contribution in [1.29, 1.82) is 0 Å². The lowest BCUT2D eigenvalue weighted by molar-refractivity contribution is 0.172. The zero-order valence-electron chi connectivity index (χ0n) is 8.21. The maximum Gasteiger partial charge on any atom is 0.0741 e. The fourth-order valence-corrected chi connectivity index (χ4v) is 2.94. The van der Waals surface area contributed by atoms with E-state index in [-0.39, 0.29) is 12.1 Å². The zero-order valence-corrected chi connectivity index (χ0v) is 11.1. The second kappa shape index (κ2) is 4.89. The molecule has 0 amide bonds. The van der Waals surface area contributed by atoms with Gasteiger partial charge in [-0.3, -0.25) is 0 Å². The van der Waals surface area contributed by atoms with Crippen molar-refractivity contribution in [2.45, 2.75) is 31.4 Å². The molecule has 82 valence electrons. The maximum atomic E-state index is 9.70. The van der Waals surface area contributed by atoms with Gasteiger partial charge in [-0.1, -0.05) is 11.6 Å². The van der Waals surface area contributed by atoms with Gasteiger partial charge in [-0.15, -0.1) is 0 Å². The number of aliphatic hydroxyl groups is 1.